The van der Waals surface area contributed by atoms with Crippen molar-refractivity contribution in [1.29, 1.82) is 0 Å². The van der Waals surface area contributed by atoms with Crippen LogP contribution in [0.1, 0.15) is 42.7 Å². The van der Waals surface area contributed by atoms with Gasteiger partial charge in [-0.25, -0.2) is 0 Å². The quantitative estimate of drug-likeness (QED) is 0.799. The Labute approximate surface area is 92.1 Å². The van der Waals surface area contributed by atoms with E-state index in [1.165, 1.54) is 36.8 Å². The van der Waals surface area contributed by atoms with Gasteiger partial charge in [0.25, 0.3) is 0 Å². The maximum absolute atomic E-state index is 5.72. The van der Waals surface area contributed by atoms with Crippen molar-refractivity contribution in [3.05, 3.63) is 35.4 Å². The Kier molecular flexibility index (Phi) is 4.43. The number of hydrogen-bond acceptors (Lipinski definition) is 1. The first kappa shape index (κ1) is 11.5. The van der Waals surface area contributed by atoms with Crippen LogP contribution in [0, 0.1) is 0 Å². The Morgan fingerprint density at radius 3 is 2.43 bits per heavy atom. The smallest absolute Gasteiger partial charge is 0.0180 e. The molecular weight excluding hydrogens is 194 g/mol. The Bertz CT molecular complexity index is 279. The number of rotatable bonds is 2. The van der Waals surface area contributed by atoms with Gasteiger partial charge in [0.2, 0.25) is 0 Å². The molecule has 2 rings (SSSR count). The third kappa shape index (κ3) is 2.28. The van der Waals surface area contributed by atoms with Crippen LogP contribution in [0.15, 0.2) is 24.3 Å². The molecule has 1 aliphatic carbocycles. The molecule has 1 aliphatic rings. The zero-order valence-electron chi connectivity index (χ0n) is 8.41. The number of halogens is 1. The van der Waals surface area contributed by atoms with E-state index in [1.54, 1.807) is 0 Å². The Morgan fingerprint density at radius 1 is 1.14 bits per heavy atom. The van der Waals surface area contributed by atoms with Crippen LogP contribution in [-0.2, 0) is 6.54 Å². The SMILES string of the molecule is Cl.NCc1ccccc1C1CCCC1. The van der Waals surface area contributed by atoms with Crippen molar-refractivity contribution in [3.8, 4) is 0 Å². The molecule has 0 radical (unpaired) electrons. The van der Waals surface area contributed by atoms with Crippen LogP contribution in [0.4, 0.5) is 0 Å². The van der Waals surface area contributed by atoms with Crippen molar-refractivity contribution < 1.29 is 0 Å². The lowest BCUT2D eigenvalue weighted by atomic mass is 9.93. The summed E-state index contributed by atoms with van der Waals surface area (Å²) in [6.45, 7) is 0.687. The van der Waals surface area contributed by atoms with Gasteiger partial charge in [0.15, 0.2) is 0 Å². The molecule has 1 aromatic carbocycles. The van der Waals surface area contributed by atoms with Crippen LogP contribution in [0.5, 0.6) is 0 Å². The second-order valence-corrected chi connectivity index (χ2v) is 3.88. The summed E-state index contributed by atoms with van der Waals surface area (Å²) < 4.78 is 0. The molecule has 0 amide bonds. The highest BCUT2D eigenvalue weighted by atomic mass is 35.5. The molecule has 0 unspecified atom stereocenters. The van der Waals surface area contributed by atoms with Gasteiger partial charge >= 0.3 is 0 Å². The van der Waals surface area contributed by atoms with E-state index in [9.17, 15) is 0 Å². The normalized spacial score (nSPS) is 16.6. The Hall–Kier alpha value is -0.530. The molecule has 1 aromatic rings. The molecule has 1 nitrogen and oxygen atoms in total. The van der Waals surface area contributed by atoms with E-state index in [0.29, 0.717) is 6.54 Å². The lowest BCUT2D eigenvalue weighted by Crippen LogP contribution is -2.03. The largest absolute Gasteiger partial charge is 0.326 e. The summed E-state index contributed by atoms with van der Waals surface area (Å²) >= 11 is 0. The zero-order valence-corrected chi connectivity index (χ0v) is 9.22. The molecule has 0 aliphatic heterocycles. The van der Waals surface area contributed by atoms with Crippen LogP contribution in [-0.4, -0.2) is 0 Å². The van der Waals surface area contributed by atoms with E-state index in [0.717, 1.165) is 5.92 Å². The molecule has 0 bridgehead atoms. The highest BCUT2D eigenvalue weighted by Crippen LogP contribution is 2.35. The molecule has 0 saturated heterocycles. The Balaban J connectivity index is 0.000000980. The molecule has 0 atom stereocenters. The fourth-order valence-corrected chi connectivity index (χ4v) is 2.36. The average Bonchev–Trinajstić information content (AvgIpc) is 2.70. The Morgan fingerprint density at radius 2 is 1.79 bits per heavy atom. The van der Waals surface area contributed by atoms with Crippen LogP contribution in [0.25, 0.3) is 0 Å². The van der Waals surface area contributed by atoms with E-state index >= 15 is 0 Å². The van der Waals surface area contributed by atoms with Crippen LogP contribution in [0.2, 0.25) is 0 Å². The van der Waals surface area contributed by atoms with Gasteiger partial charge in [-0.05, 0) is 29.9 Å². The van der Waals surface area contributed by atoms with E-state index in [2.05, 4.69) is 24.3 Å². The molecule has 14 heavy (non-hydrogen) atoms. The highest BCUT2D eigenvalue weighted by molar-refractivity contribution is 5.85. The lowest BCUT2D eigenvalue weighted by molar-refractivity contribution is 0.712. The summed E-state index contributed by atoms with van der Waals surface area (Å²) in [7, 11) is 0. The minimum absolute atomic E-state index is 0. The summed E-state index contributed by atoms with van der Waals surface area (Å²) in [5.74, 6) is 0.791. The average molecular weight is 212 g/mol. The molecule has 2 heteroatoms. The van der Waals surface area contributed by atoms with E-state index in [4.69, 9.17) is 5.73 Å². The van der Waals surface area contributed by atoms with Gasteiger partial charge in [-0.15, -0.1) is 12.4 Å². The summed E-state index contributed by atoms with van der Waals surface area (Å²) in [6.07, 6.45) is 5.50. The topological polar surface area (TPSA) is 26.0 Å². The molecule has 0 heterocycles. The highest BCUT2D eigenvalue weighted by Gasteiger charge is 2.18. The monoisotopic (exact) mass is 211 g/mol. The fourth-order valence-electron chi connectivity index (χ4n) is 2.36. The van der Waals surface area contributed by atoms with Gasteiger partial charge in [-0.1, -0.05) is 37.1 Å². The molecule has 0 spiro atoms. The van der Waals surface area contributed by atoms with Crippen LogP contribution >= 0.6 is 12.4 Å². The second-order valence-electron chi connectivity index (χ2n) is 3.88. The van der Waals surface area contributed by atoms with Crippen molar-refractivity contribution in [1.82, 2.24) is 0 Å². The van der Waals surface area contributed by atoms with Crippen molar-refractivity contribution in [2.24, 2.45) is 5.73 Å². The van der Waals surface area contributed by atoms with Crippen molar-refractivity contribution in [2.45, 2.75) is 38.1 Å². The standard InChI is InChI=1S/C12H17N.ClH/c13-9-11-7-3-4-8-12(11)10-5-1-2-6-10;/h3-4,7-8,10H,1-2,5-6,9,13H2;1H. The maximum Gasteiger partial charge on any atom is 0.0180 e. The number of nitrogens with two attached hydrogens (primary N) is 1. The van der Waals surface area contributed by atoms with Gasteiger partial charge in [-0.2, -0.15) is 0 Å². The minimum Gasteiger partial charge on any atom is -0.326 e. The van der Waals surface area contributed by atoms with Gasteiger partial charge in [-0.3, -0.25) is 0 Å². The van der Waals surface area contributed by atoms with E-state index in [-0.39, 0.29) is 12.4 Å². The molecular formula is C12H18ClN. The predicted octanol–water partition coefficient (Wildman–Crippen LogP) is 3.22. The van der Waals surface area contributed by atoms with Crippen molar-refractivity contribution >= 4 is 12.4 Å². The van der Waals surface area contributed by atoms with E-state index in [1.807, 2.05) is 0 Å². The van der Waals surface area contributed by atoms with Gasteiger partial charge < -0.3 is 5.73 Å². The van der Waals surface area contributed by atoms with Gasteiger partial charge in [0, 0.05) is 6.54 Å². The number of hydrogen-bond donors (Lipinski definition) is 1. The van der Waals surface area contributed by atoms with Crippen LogP contribution < -0.4 is 5.73 Å². The van der Waals surface area contributed by atoms with Crippen molar-refractivity contribution in [2.75, 3.05) is 0 Å². The summed E-state index contributed by atoms with van der Waals surface area (Å²) in [5.41, 5.74) is 8.56. The maximum atomic E-state index is 5.72. The molecule has 1 saturated carbocycles. The summed E-state index contributed by atoms with van der Waals surface area (Å²) in [4.78, 5) is 0. The molecule has 78 valence electrons. The second kappa shape index (κ2) is 5.38. The van der Waals surface area contributed by atoms with Crippen LogP contribution in [0.3, 0.4) is 0 Å². The van der Waals surface area contributed by atoms with Gasteiger partial charge in [0.1, 0.15) is 0 Å². The third-order valence-electron chi connectivity index (χ3n) is 3.07. The molecule has 2 N–H and O–H groups in total. The summed E-state index contributed by atoms with van der Waals surface area (Å²) in [5, 5.41) is 0. The number of benzene rings is 1. The third-order valence-corrected chi connectivity index (χ3v) is 3.07. The molecule has 0 aromatic heterocycles. The zero-order chi connectivity index (χ0) is 9.10. The first-order chi connectivity index (χ1) is 6.42. The molecule has 1 fully saturated rings. The van der Waals surface area contributed by atoms with Gasteiger partial charge in [0.05, 0.1) is 0 Å². The van der Waals surface area contributed by atoms with Crippen molar-refractivity contribution in [3.63, 3.8) is 0 Å². The fraction of sp³-hybridized carbons (Fsp3) is 0.500. The predicted molar refractivity (Wildman–Crippen MR) is 62.8 cm³/mol. The minimum atomic E-state index is 0. The lowest BCUT2D eigenvalue weighted by Gasteiger charge is -2.13. The first-order valence-corrected chi connectivity index (χ1v) is 5.19. The first-order valence-electron chi connectivity index (χ1n) is 5.19. The summed E-state index contributed by atoms with van der Waals surface area (Å²) in [6, 6.07) is 8.62. The van der Waals surface area contributed by atoms with E-state index < -0.39 is 0 Å².